The molecule has 1 amide bonds. The summed E-state index contributed by atoms with van der Waals surface area (Å²) in [7, 11) is 1.57. The van der Waals surface area contributed by atoms with E-state index in [9.17, 15) is 9.59 Å². The number of hydrogen-bond donors (Lipinski definition) is 1. The quantitative estimate of drug-likeness (QED) is 0.318. The van der Waals surface area contributed by atoms with Crippen molar-refractivity contribution in [3.63, 3.8) is 0 Å². The van der Waals surface area contributed by atoms with Gasteiger partial charge in [0, 0.05) is 26.5 Å². The molecule has 10 heteroatoms. The second-order valence-corrected chi connectivity index (χ2v) is 9.32. The highest BCUT2D eigenvalue weighted by Gasteiger charge is 2.32. The van der Waals surface area contributed by atoms with Crippen LogP contribution in [0.25, 0.3) is 11.7 Å². The normalized spacial score (nSPS) is 15.5. The van der Waals surface area contributed by atoms with Gasteiger partial charge < -0.3 is 14.8 Å². The van der Waals surface area contributed by atoms with Crippen molar-refractivity contribution in [1.82, 2.24) is 14.3 Å². The van der Waals surface area contributed by atoms with Crippen LogP contribution in [0.1, 0.15) is 31.4 Å². The lowest BCUT2D eigenvalue weighted by atomic mass is 10.2. The fourth-order valence-electron chi connectivity index (χ4n) is 3.13. The third-order valence-corrected chi connectivity index (χ3v) is 6.12. The molecule has 32 heavy (non-hydrogen) atoms. The van der Waals surface area contributed by atoms with Gasteiger partial charge in [-0.1, -0.05) is 30.0 Å². The van der Waals surface area contributed by atoms with Crippen LogP contribution in [0.3, 0.4) is 0 Å². The van der Waals surface area contributed by atoms with E-state index in [-0.39, 0.29) is 17.6 Å². The van der Waals surface area contributed by atoms with Crippen molar-refractivity contribution < 1.29 is 14.3 Å². The molecule has 0 atom stereocenters. The molecule has 3 heterocycles. The third kappa shape index (κ3) is 5.74. The van der Waals surface area contributed by atoms with Crippen LogP contribution in [-0.2, 0) is 14.3 Å². The summed E-state index contributed by atoms with van der Waals surface area (Å²) in [5.41, 5.74) is 1.54. The van der Waals surface area contributed by atoms with Crippen LogP contribution in [0.2, 0.25) is 0 Å². The Morgan fingerprint density at radius 3 is 2.78 bits per heavy atom. The van der Waals surface area contributed by atoms with Crippen LogP contribution in [0.15, 0.2) is 28.0 Å². The maximum atomic E-state index is 13.3. The number of carbonyl (C=O) groups is 1. The van der Waals surface area contributed by atoms with Gasteiger partial charge in [-0.3, -0.25) is 18.9 Å². The molecule has 0 spiro atoms. The zero-order valence-corrected chi connectivity index (χ0v) is 20.3. The topological polar surface area (TPSA) is 85.2 Å². The van der Waals surface area contributed by atoms with Crippen molar-refractivity contribution in [1.29, 1.82) is 0 Å². The van der Waals surface area contributed by atoms with Crippen molar-refractivity contribution >= 4 is 51.7 Å². The fraction of sp³-hybridized carbons (Fsp3) is 0.455. The second kappa shape index (κ2) is 11.0. The highest BCUT2D eigenvalue weighted by molar-refractivity contribution is 8.26. The number of carbonyl (C=O) groups excluding carboxylic acids is 1. The minimum absolute atomic E-state index is 0.164. The summed E-state index contributed by atoms with van der Waals surface area (Å²) >= 11 is 6.53. The van der Waals surface area contributed by atoms with Gasteiger partial charge in [-0.05, 0) is 44.9 Å². The van der Waals surface area contributed by atoms with E-state index in [1.807, 2.05) is 26.8 Å². The summed E-state index contributed by atoms with van der Waals surface area (Å²) in [5, 5.41) is 3.24. The molecule has 0 radical (unpaired) electrons. The number of aryl methyl sites for hydroxylation is 1. The van der Waals surface area contributed by atoms with Crippen LogP contribution in [0.4, 0.5) is 5.82 Å². The minimum atomic E-state index is -0.248. The Hall–Kier alpha value is -2.27. The first-order valence-corrected chi connectivity index (χ1v) is 11.7. The van der Waals surface area contributed by atoms with E-state index in [2.05, 4.69) is 10.3 Å². The van der Waals surface area contributed by atoms with Crippen molar-refractivity contribution in [3.05, 3.63) is 44.7 Å². The molecule has 1 aliphatic heterocycles. The summed E-state index contributed by atoms with van der Waals surface area (Å²) in [6.45, 7) is 7.82. The van der Waals surface area contributed by atoms with Crippen LogP contribution >= 0.6 is 24.0 Å². The first-order valence-electron chi connectivity index (χ1n) is 10.4. The maximum absolute atomic E-state index is 13.3. The number of pyridine rings is 1. The number of methoxy groups -OCH3 is 1. The summed E-state index contributed by atoms with van der Waals surface area (Å²) < 4.78 is 12.6. The molecule has 0 saturated carbocycles. The number of ether oxygens (including phenoxy) is 2. The molecule has 2 aromatic heterocycles. The highest BCUT2D eigenvalue weighted by atomic mass is 32.2. The number of anilines is 1. The number of rotatable bonds is 10. The lowest BCUT2D eigenvalue weighted by Crippen LogP contribution is -2.31. The van der Waals surface area contributed by atoms with Gasteiger partial charge in [0.15, 0.2) is 0 Å². The van der Waals surface area contributed by atoms with Gasteiger partial charge in [0.25, 0.3) is 11.5 Å². The third-order valence-electron chi connectivity index (χ3n) is 4.74. The fourth-order valence-corrected chi connectivity index (χ4v) is 4.42. The van der Waals surface area contributed by atoms with E-state index in [0.717, 1.165) is 12.0 Å². The van der Waals surface area contributed by atoms with Crippen molar-refractivity contribution in [3.8, 4) is 0 Å². The van der Waals surface area contributed by atoms with Gasteiger partial charge >= 0.3 is 0 Å². The Kier molecular flexibility index (Phi) is 8.41. The van der Waals surface area contributed by atoms with Crippen LogP contribution in [-0.4, -0.2) is 64.0 Å². The molecular weight excluding hydrogens is 448 g/mol. The lowest BCUT2D eigenvalue weighted by Gasteiger charge is -2.13. The van der Waals surface area contributed by atoms with Gasteiger partial charge in [0.1, 0.15) is 15.8 Å². The van der Waals surface area contributed by atoms with Gasteiger partial charge in [0.2, 0.25) is 0 Å². The summed E-state index contributed by atoms with van der Waals surface area (Å²) in [6.07, 6.45) is 4.25. The summed E-state index contributed by atoms with van der Waals surface area (Å²) in [5.74, 6) is 0.202. The number of fused-ring (bicyclic) bond motifs is 1. The molecule has 0 aromatic carbocycles. The number of amides is 1. The molecule has 0 unspecified atom stereocenters. The average Bonchev–Trinajstić information content (AvgIpc) is 3.01. The number of thioether (sulfide) groups is 1. The molecule has 0 aliphatic carbocycles. The Morgan fingerprint density at radius 1 is 1.28 bits per heavy atom. The zero-order valence-electron chi connectivity index (χ0n) is 18.7. The predicted octanol–water partition coefficient (Wildman–Crippen LogP) is 3.08. The van der Waals surface area contributed by atoms with Crippen LogP contribution < -0.4 is 10.9 Å². The molecule has 1 fully saturated rings. The molecule has 172 valence electrons. The summed E-state index contributed by atoms with van der Waals surface area (Å²) in [6, 6.07) is 3.71. The van der Waals surface area contributed by atoms with Crippen molar-refractivity contribution in [2.24, 2.45) is 0 Å². The zero-order chi connectivity index (χ0) is 23.3. The smallest absolute Gasteiger partial charge is 0.267 e. The summed E-state index contributed by atoms with van der Waals surface area (Å²) in [4.78, 5) is 32.7. The molecule has 0 bridgehead atoms. The van der Waals surface area contributed by atoms with Gasteiger partial charge in [-0.15, -0.1) is 0 Å². The van der Waals surface area contributed by atoms with Crippen LogP contribution in [0.5, 0.6) is 0 Å². The second-order valence-electron chi connectivity index (χ2n) is 7.64. The SMILES string of the molecule is COCCN1C(=O)C(=Cc2c(NCCCOC(C)C)nc3ccc(C)cn3c2=O)SC1=S. The van der Waals surface area contributed by atoms with Gasteiger partial charge in [0.05, 0.1) is 29.7 Å². The van der Waals surface area contributed by atoms with E-state index in [4.69, 9.17) is 21.7 Å². The highest BCUT2D eigenvalue weighted by Crippen LogP contribution is 2.32. The molecule has 1 saturated heterocycles. The average molecular weight is 477 g/mol. The van der Waals surface area contributed by atoms with E-state index in [1.54, 1.807) is 25.4 Å². The van der Waals surface area contributed by atoms with Gasteiger partial charge in [-0.25, -0.2) is 4.98 Å². The number of nitrogens with one attached hydrogen (secondary N) is 1. The van der Waals surface area contributed by atoms with E-state index in [1.165, 1.54) is 21.1 Å². The molecule has 2 aromatic rings. The lowest BCUT2D eigenvalue weighted by molar-refractivity contribution is -0.122. The predicted molar refractivity (Wildman–Crippen MR) is 132 cm³/mol. The van der Waals surface area contributed by atoms with Crippen molar-refractivity contribution in [2.75, 3.05) is 38.7 Å². The Morgan fingerprint density at radius 2 is 2.06 bits per heavy atom. The Balaban J connectivity index is 1.95. The molecule has 1 aliphatic rings. The minimum Gasteiger partial charge on any atom is -0.383 e. The largest absolute Gasteiger partial charge is 0.383 e. The number of nitrogens with zero attached hydrogens (tertiary/aromatic N) is 3. The Labute approximate surface area is 197 Å². The first kappa shape index (κ1) is 24.4. The molecule has 3 rings (SSSR count). The first-order chi connectivity index (χ1) is 15.3. The van der Waals surface area contributed by atoms with Crippen molar-refractivity contribution in [2.45, 2.75) is 33.3 Å². The van der Waals surface area contributed by atoms with E-state index in [0.29, 0.717) is 52.6 Å². The van der Waals surface area contributed by atoms with Gasteiger partial charge in [-0.2, -0.15) is 0 Å². The molecule has 1 N–H and O–H groups in total. The molecule has 8 nitrogen and oxygen atoms in total. The monoisotopic (exact) mass is 476 g/mol. The molecular formula is C22H28N4O4S2. The number of thiocarbonyl (C=S) groups is 1. The van der Waals surface area contributed by atoms with E-state index < -0.39 is 0 Å². The maximum Gasteiger partial charge on any atom is 0.267 e. The van der Waals surface area contributed by atoms with E-state index >= 15 is 0 Å². The van der Waals surface area contributed by atoms with Crippen LogP contribution in [0, 0.1) is 6.92 Å². The standard InChI is InChI=1S/C22H28N4O4S2/c1-14(2)30-10-5-8-23-19-16(20(27)26-13-15(3)6-7-18(26)24-19)12-17-21(28)25(9-11-29-4)22(31)32-17/h6-7,12-14,23H,5,8-11H2,1-4H3. The Bertz CT molecular complexity index is 1100. The number of hydrogen-bond acceptors (Lipinski definition) is 8. The number of aromatic nitrogens is 2.